The summed E-state index contributed by atoms with van der Waals surface area (Å²) in [6.07, 6.45) is 3.78. The van der Waals surface area contributed by atoms with Crippen molar-refractivity contribution in [3.05, 3.63) is 29.7 Å². The highest BCUT2D eigenvalue weighted by Crippen LogP contribution is 2.25. The Labute approximate surface area is 142 Å². The van der Waals surface area contributed by atoms with Crippen LogP contribution in [0.3, 0.4) is 0 Å². The first-order valence-electron chi connectivity index (χ1n) is 8.46. The van der Waals surface area contributed by atoms with E-state index < -0.39 is 0 Å². The van der Waals surface area contributed by atoms with E-state index in [-0.39, 0.29) is 0 Å². The summed E-state index contributed by atoms with van der Waals surface area (Å²) in [6.45, 7) is 6.43. The number of pyridine rings is 1. The van der Waals surface area contributed by atoms with Crippen LogP contribution in [0.15, 0.2) is 22.9 Å². The number of anilines is 2. The van der Waals surface area contributed by atoms with Gasteiger partial charge >= 0.3 is 6.01 Å². The molecule has 0 saturated carbocycles. The molecule has 0 radical (unpaired) electrons. The van der Waals surface area contributed by atoms with Gasteiger partial charge in [-0.2, -0.15) is 4.98 Å². The van der Waals surface area contributed by atoms with Crippen molar-refractivity contribution < 1.29 is 9.26 Å². The van der Waals surface area contributed by atoms with Crippen molar-refractivity contribution in [2.45, 2.75) is 45.2 Å². The molecule has 1 aliphatic heterocycles. The van der Waals surface area contributed by atoms with Gasteiger partial charge in [-0.25, -0.2) is 4.98 Å². The van der Waals surface area contributed by atoms with E-state index in [0.29, 0.717) is 24.5 Å². The summed E-state index contributed by atoms with van der Waals surface area (Å²) in [5, 5.41) is 7.25. The van der Waals surface area contributed by atoms with Crippen LogP contribution < -0.4 is 10.2 Å². The first-order valence-corrected chi connectivity index (χ1v) is 8.46. The first-order chi connectivity index (χ1) is 11.6. The van der Waals surface area contributed by atoms with Gasteiger partial charge in [-0.15, -0.1) is 0 Å². The molecule has 0 aromatic carbocycles. The Morgan fingerprint density at radius 3 is 2.75 bits per heavy atom. The fourth-order valence-electron chi connectivity index (χ4n) is 2.60. The summed E-state index contributed by atoms with van der Waals surface area (Å²) in [6, 6.07) is 4.96. The maximum atomic E-state index is 5.36. The van der Waals surface area contributed by atoms with Gasteiger partial charge in [-0.05, 0) is 38.3 Å². The first kappa shape index (κ1) is 16.7. The average molecular weight is 331 g/mol. The lowest BCUT2D eigenvalue weighted by molar-refractivity contribution is 0.0830. The van der Waals surface area contributed by atoms with Gasteiger partial charge in [0.1, 0.15) is 5.82 Å². The Morgan fingerprint density at radius 1 is 1.29 bits per heavy atom. The molecule has 0 aliphatic carbocycles. The quantitative estimate of drug-likeness (QED) is 0.872. The molecule has 1 fully saturated rings. The van der Waals surface area contributed by atoms with Crippen LogP contribution in [0.1, 0.15) is 44.0 Å². The molecule has 0 unspecified atom stereocenters. The van der Waals surface area contributed by atoms with Crippen molar-refractivity contribution in [3.63, 3.8) is 0 Å². The van der Waals surface area contributed by atoms with Crippen LogP contribution in [0, 0.1) is 0 Å². The summed E-state index contributed by atoms with van der Waals surface area (Å²) in [7, 11) is 2.04. The number of nitrogens with zero attached hydrogens (tertiary/aromatic N) is 4. The highest BCUT2D eigenvalue weighted by molar-refractivity contribution is 5.39. The van der Waals surface area contributed by atoms with Gasteiger partial charge in [0.15, 0.2) is 5.82 Å². The zero-order valence-electron chi connectivity index (χ0n) is 14.5. The summed E-state index contributed by atoms with van der Waals surface area (Å²) in [4.78, 5) is 11.1. The molecule has 7 heteroatoms. The second-order valence-electron chi connectivity index (χ2n) is 6.43. The van der Waals surface area contributed by atoms with E-state index in [2.05, 4.69) is 45.3 Å². The van der Waals surface area contributed by atoms with E-state index in [1.54, 1.807) is 0 Å². The van der Waals surface area contributed by atoms with Gasteiger partial charge in [0.05, 0.1) is 0 Å². The topological polar surface area (TPSA) is 76.3 Å². The summed E-state index contributed by atoms with van der Waals surface area (Å²) >= 11 is 0. The molecular weight excluding hydrogens is 306 g/mol. The van der Waals surface area contributed by atoms with E-state index in [9.17, 15) is 0 Å². The van der Waals surface area contributed by atoms with Gasteiger partial charge in [-0.3, -0.25) is 0 Å². The molecule has 2 aromatic rings. The summed E-state index contributed by atoms with van der Waals surface area (Å²) in [5.74, 6) is 2.08. The lowest BCUT2D eigenvalue weighted by Crippen LogP contribution is -2.26. The SMILES string of the molecule is CC(C)N(C)c1ccc(CNc2nc(C3CCOCC3)no2)cn1. The van der Waals surface area contributed by atoms with Crippen LogP contribution in [0.25, 0.3) is 0 Å². The predicted octanol–water partition coefficient (Wildman–Crippen LogP) is 2.82. The normalized spacial score (nSPS) is 15.7. The Balaban J connectivity index is 1.55. The molecule has 1 saturated heterocycles. The molecule has 1 aliphatic rings. The van der Waals surface area contributed by atoms with Crippen LogP contribution >= 0.6 is 0 Å². The summed E-state index contributed by atoms with van der Waals surface area (Å²) < 4.78 is 10.7. The third-order valence-corrected chi connectivity index (χ3v) is 4.42. The molecule has 1 N–H and O–H groups in total. The maximum Gasteiger partial charge on any atom is 0.321 e. The number of hydrogen-bond donors (Lipinski definition) is 1. The van der Waals surface area contributed by atoms with Crippen molar-refractivity contribution in [1.82, 2.24) is 15.1 Å². The summed E-state index contributed by atoms with van der Waals surface area (Å²) in [5.41, 5.74) is 1.07. The number of ether oxygens (including phenoxy) is 1. The standard InChI is InChI=1S/C17H25N5O2/c1-12(2)22(3)15-5-4-13(10-18-15)11-19-17-20-16(21-24-17)14-6-8-23-9-7-14/h4-5,10,12,14H,6-9,11H2,1-3H3,(H,19,20,21). The van der Waals surface area contributed by atoms with E-state index in [4.69, 9.17) is 9.26 Å². The largest absolute Gasteiger partial charge is 0.381 e. The van der Waals surface area contributed by atoms with Crippen LogP contribution in [0.5, 0.6) is 0 Å². The smallest absolute Gasteiger partial charge is 0.321 e. The lowest BCUT2D eigenvalue weighted by Gasteiger charge is -2.22. The minimum absolute atomic E-state index is 0.338. The van der Waals surface area contributed by atoms with Gasteiger partial charge in [0.2, 0.25) is 0 Å². The van der Waals surface area contributed by atoms with Crippen LogP contribution in [0.2, 0.25) is 0 Å². The zero-order valence-corrected chi connectivity index (χ0v) is 14.5. The maximum absolute atomic E-state index is 5.36. The average Bonchev–Trinajstić information content (AvgIpc) is 3.09. The van der Waals surface area contributed by atoms with E-state index in [1.807, 2.05) is 19.3 Å². The Kier molecular flexibility index (Phi) is 5.30. The highest BCUT2D eigenvalue weighted by Gasteiger charge is 2.21. The zero-order chi connectivity index (χ0) is 16.9. The molecule has 130 valence electrons. The van der Waals surface area contributed by atoms with Crippen molar-refractivity contribution in [1.29, 1.82) is 0 Å². The van der Waals surface area contributed by atoms with E-state index in [0.717, 1.165) is 43.3 Å². The van der Waals surface area contributed by atoms with Crippen LogP contribution in [-0.2, 0) is 11.3 Å². The van der Waals surface area contributed by atoms with Crippen molar-refractivity contribution in [3.8, 4) is 0 Å². The van der Waals surface area contributed by atoms with Crippen molar-refractivity contribution in [2.24, 2.45) is 0 Å². The Morgan fingerprint density at radius 2 is 2.08 bits per heavy atom. The highest BCUT2D eigenvalue weighted by atomic mass is 16.5. The minimum Gasteiger partial charge on any atom is -0.381 e. The van der Waals surface area contributed by atoms with Gasteiger partial charge in [0.25, 0.3) is 0 Å². The van der Waals surface area contributed by atoms with Crippen molar-refractivity contribution in [2.75, 3.05) is 30.5 Å². The Hall–Kier alpha value is -2.15. The monoisotopic (exact) mass is 331 g/mol. The van der Waals surface area contributed by atoms with Crippen LogP contribution in [0.4, 0.5) is 11.8 Å². The molecule has 24 heavy (non-hydrogen) atoms. The number of nitrogens with one attached hydrogen (secondary N) is 1. The Bertz CT molecular complexity index is 635. The number of aromatic nitrogens is 3. The fourth-order valence-corrected chi connectivity index (χ4v) is 2.60. The molecule has 0 spiro atoms. The second-order valence-corrected chi connectivity index (χ2v) is 6.43. The lowest BCUT2D eigenvalue weighted by atomic mass is 10.00. The molecule has 3 heterocycles. The van der Waals surface area contributed by atoms with Crippen molar-refractivity contribution >= 4 is 11.8 Å². The minimum atomic E-state index is 0.338. The molecule has 0 atom stereocenters. The van der Waals surface area contributed by atoms with Gasteiger partial charge in [-0.1, -0.05) is 11.2 Å². The molecular formula is C17H25N5O2. The molecule has 0 amide bonds. The van der Waals surface area contributed by atoms with E-state index >= 15 is 0 Å². The third-order valence-electron chi connectivity index (χ3n) is 4.42. The second kappa shape index (κ2) is 7.61. The predicted molar refractivity (Wildman–Crippen MR) is 92.2 cm³/mol. The molecule has 2 aromatic heterocycles. The van der Waals surface area contributed by atoms with E-state index in [1.165, 1.54) is 0 Å². The molecule has 0 bridgehead atoms. The molecule has 7 nitrogen and oxygen atoms in total. The fraction of sp³-hybridized carbons (Fsp3) is 0.588. The number of hydrogen-bond acceptors (Lipinski definition) is 7. The molecule has 3 rings (SSSR count). The van der Waals surface area contributed by atoms with Gasteiger partial charge in [0, 0.05) is 45.0 Å². The third kappa shape index (κ3) is 4.03. The van der Waals surface area contributed by atoms with Crippen LogP contribution in [-0.4, -0.2) is 41.4 Å². The number of rotatable bonds is 6. The van der Waals surface area contributed by atoms with Gasteiger partial charge < -0.3 is 19.5 Å².